The summed E-state index contributed by atoms with van der Waals surface area (Å²) in [5, 5.41) is 17.7. The Hall–Kier alpha value is -3.53. The molecule has 10 nitrogen and oxygen atoms in total. The normalized spacial score (nSPS) is 15.5. The van der Waals surface area contributed by atoms with Gasteiger partial charge in [-0.3, -0.25) is 4.79 Å². The van der Waals surface area contributed by atoms with Crippen molar-refractivity contribution in [3.05, 3.63) is 54.0 Å². The highest BCUT2D eigenvalue weighted by Gasteiger charge is 2.29. The fourth-order valence-corrected chi connectivity index (χ4v) is 3.39. The lowest BCUT2D eigenvalue weighted by Crippen LogP contribution is -2.44. The molecule has 1 aliphatic heterocycles. The Morgan fingerprint density at radius 2 is 1.97 bits per heavy atom. The minimum Gasteiger partial charge on any atom is -0.481 e. The van der Waals surface area contributed by atoms with Gasteiger partial charge < -0.3 is 19.5 Å². The van der Waals surface area contributed by atoms with E-state index in [0.29, 0.717) is 41.8 Å². The van der Waals surface area contributed by atoms with Gasteiger partial charge in [0.05, 0.1) is 38.2 Å². The van der Waals surface area contributed by atoms with E-state index < -0.39 is 0 Å². The molecule has 0 saturated carbocycles. The number of aliphatic hydroxyl groups is 1. The van der Waals surface area contributed by atoms with Crippen molar-refractivity contribution in [3.63, 3.8) is 0 Å². The largest absolute Gasteiger partial charge is 0.481 e. The maximum absolute atomic E-state index is 13.3. The van der Waals surface area contributed by atoms with Crippen molar-refractivity contribution in [2.24, 2.45) is 0 Å². The maximum Gasteiger partial charge on any atom is 0.257 e. The number of hydrogen-bond acceptors (Lipinski definition) is 8. The highest BCUT2D eigenvalue weighted by molar-refractivity contribution is 5.97. The Labute approximate surface area is 186 Å². The number of aromatic nitrogens is 5. The summed E-state index contributed by atoms with van der Waals surface area (Å²) in [6.07, 6.45) is 6.01. The number of likely N-dealkylation sites (tertiary alicyclic amines) is 1. The molecule has 0 spiro atoms. The lowest BCUT2D eigenvalue weighted by molar-refractivity contribution is 0.0521. The summed E-state index contributed by atoms with van der Waals surface area (Å²) in [7, 11) is 1.51. The predicted octanol–water partition coefficient (Wildman–Crippen LogP) is 2.27. The van der Waals surface area contributed by atoms with E-state index in [4.69, 9.17) is 9.47 Å². The molecule has 1 N–H and O–H groups in total. The zero-order valence-electron chi connectivity index (χ0n) is 18.5. The number of rotatable bonds is 6. The number of aliphatic hydroxyl groups excluding tert-OH is 1. The molecule has 1 saturated heterocycles. The molecule has 3 aromatic heterocycles. The Morgan fingerprint density at radius 1 is 1.19 bits per heavy atom. The molecule has 32 heavy (non-hydrogen) atoms. The number of pyridine rings is 2. The monoisotopic (exact) mass is 440 g/mol. The number of hydrogen-bond donors (Lipinski definition) is 1. The van der Waals surface area contributed by atoms with Crippen molar-refractivity contribution < 1.29 is 19.4 Å². The van der Waals surface area contributed by atoms with Gasteiger partial charge in [-0.05, 0) is 31.0 Å². The SMILES string of the molecule is CC.COc1ccc(C(=O)N2CCCC(Oc3ncccc3CO)C2)c(-n2nccn2)n1. The Kier molecular flexibility index (Phi) is 8.09. The van der Waals surface area contributed by atoms with E-state index in [-0.39, 0.29) is 18.6 Å². The first-order chi connectivity index (χ1) is 15.7. The van der Waals surface area contributed by atoms with E-state index in [1.807, 2.05) is 13.8 Å². The minimum absolute atomic E-state index is 0.156. The van der Waals surface area contributed by atoms with Crippen LogP contribution in [0.25, 0.3) is 5.82 Å². The Bertz CT molecular complexity index is 1010. The molecule has 10 heteroatoms. The van der Waals surface area contributed by atoms with Gasteiger partial charge in [0.2, 0.25) is 11.8 Å². The van der Waals surface area contributed by atoms with Crippen LogP contribution in [0.1, 0.15) is 42.6 Å². The van der Waals surface area contributed by atoms with Crippen molar-refractivity contribution in [2.75, 3.05) is 20.2 Å². The molecular formula is C22H28N6O4. The van der Waals surface area contributed by atoms with E-state index in [9.17, 15) is 9.90 Å². The lowest BCUT2D eigenvalue weighted by Gasteiger charge is -2.33. The van der Waals surface area contributed by atoms with Crippen LogP contribution in [0.5, 0.6) is 11.8 Å². The van der Waals surface area contributed by atoms with Crippen LogP contribution in [-0.4, -0.2) is 67.2 Å². The minimum atomic E-state index is -0.222. The molecule has 170 valence electrons. The number of methoxy groups -OCH3 is 1. The van der Waals surface area contributed by atoms with Crippen molar-refractivity contribution in [1.82, 2.24) is 29.9 Å². The average molecular weight is 441 g/mol. The molecule has 1 aliphatic rings. The van der Waals surface area contributed by atoms with E-state index in [1.165, 1.54) is 24.3 Å². The summed E-state index contributed by atoms with van der Waals surface area (Å²) in [4.78, 5) is 24.9. The third kappa shape index (κ3) is 5.20. The van der Waals surface area contributed by atoms with Gasteiger partial charge in [-0.25, -0.2) is 4.98 Å². The van der Waals surface area contributed by atoms with Gasteiger partial charge in [-0.1, -0.05) is 13.8 Å². The van der Waals surface area contributed by atoms with Crippen LogP contribution in [0.15, 0.2) is 42.9 Å². The molecule has 0 aromatic carbocycles. The van der Waals surface area contributed by atoms with Crippen molar-refractivity contribution >= 4 is 5.91 Å². The fourth-order valence-electron chi connectivity index (χ4n) is 3.39. The third-order valence-electron chi connectivity index (χ3n) is 4.86. The first-order valence-corrected chi connectivity index (χ1v) is 10.6. The zero-order chi connectivity index (χ0) is 22.9. The van der Waals surface area contributed by atoms with E-state index in [2.05, 4.69) is 20.2 Å². The van der Waals surface area contributed by atoms with Gasteiger partial charge in [0.15, 0.2) is 5.82 Å². The van der Waals surface area contributed by atoms with E-state index in [0.717, 1.165) is 12.8 Å². The maximum atomic E-state index is 13.3. The number of carbonyl (C=O) groups is 1. The third-order valence-corrected chi connectivity index (χ3v) is 4.86. The summed E-state index contributed by atoms with van der Waals surface area (Å²) in [5.74, 6) is 0.881. The highest BCUT2D eigenvalue weighted by Crippen LogP contribution is 2.23. The molecule has 1 fully saturated rings. The van der Waals surface area contributed by atoms with Crippen LogP contribution >= 0.6 is 0 Å². The van der Waals surface area contributed by atoms with Gasteiger partial charge in [-0.2, -0.15) is 15.2 Å². The zero-order valence-corrected chi connectivity index (χ0v) is 18.5. The van der Waals surface area contributed by atoms with Crippen LogP contribution in [0.3, 0.4) is 0 Å². The van der Waals surface area contributed by atoms with Crippen molar-refractivity contribution in [2.45, 2.75) is 39.4 Å². The van der Waals surface area contributed by atoms with E-state index >= 15 is 0 Å². The molecule has 3 aromatic rings. The van der Waals surface area contributed by atoms with Crippen molar-refractivity contribution in [1.29, 1.82) is 0 Å². The standard InChI is InChI=1S/C20H22N6O4.C2H6/c1-29-17-7-6-16(18(24-17)26-22-9-10-23-26)20(28)25-11-3-5-15(12-25)30-19-14(13-27)4-2-8-21-19;1-2/h2,4,6-10,15,27H,3,5,11-13H2,1H3;1-2H3. The highest BCUT2D eigenvalue weighted by atomic mass is 16.5. The number of ether oxygens (including phenoxy) is 2. The van der Waals surface area contributed by atoms with Crippen LogP contribution in [0.4, 0.5) is 0 Å². The van der Waals surface area contributed by atoms with Gasteiger partial charge in [0, 0.05) is 24.4 Å². The van der Waals surface area contributed by atoms with Gasteiger partial charge in [-0.15, -0.1) is 4.80 Å². The molecular weight excluding hydrogens is 412 g/mol. The molecule has 4 heterocycles. The lowest BCUT2D eigenvalue weighted by atomic mass is 10.1. The Morgan fingerprint density at radius 3 is 2.69 bits per heavy atom. The Balaban J connectivity index is 0.00000141. The quantitative estimate of drug-likeness (QED) is 0.621. The smallest absolute Gasteiger partial charge is 0.257 e. The van der Waals surface area contributed by atoms with Crippen LogP contribution in [0, 0.1) is 0 Å². The van der Waals surface area contributed by atoms with Crippen molar-refractivity contribution in [3.8, 4) is 17.6 Å². The molecule has 1 amide bonds. The summed E-state index contributed by atoms with van der Waals surface area (Å²) in [6.45, 7) is 4.85. The van der Waals surface area contributed by atoms with Gasteiger partial charge >= 0.3 is 0 Å². The number of amides is 1. The second-order valence-electron chi connectivity index (χ2n) is 6.80. The van der Waals surface area contributed by atoms with Crippen LogP contribution in [0.2, 0.25) is 0 Å². The van der Waals surface area contributed by atoms with Gasteiger partial charge in [0.1, 0.15) is 6.10 Å². The molecule has 1 atom stereocenters. The summed E-state index contributed by atoms with van der Waals surface area (Å²) < 4.78 is 11.2. The first-order valence-electron chi connectivity index (χ1n) is 10.6. The second-order valence-corrected chi connectivity index (χ2v) is 6.80. The average Bonchev–Trinajstić information content (AvgIpc) is 3.40. The topological polar surface area (TPSA) is 115 Å². The molecule has 0 aliphatic carbocycles. The van der Waals surface area contributed by atoms with Crippen LogP contribution < -0.4 is 9.47 Å². The second kappa shape index (κ2) is 11.2. The summed E-state index contributed by atoms with van der Waals surface area (Å²) in [6, 6.07) is 6.82. The first kappa shape index (κ1) is 23.1. The van der Waals surface area contributed by atoms with Gasteiger partial charge in [0.25, 0.3) is 5.91 Å². The summed E-state index contributed by atoms with van der Waals surface area (Å²) >= 11 is 0. The number of carbonyl (C=O) groups excluding carboxylic acids is 1. The molecule has 0 radical (unpaired) electrons. The number of nitrogens with zero attached hydrogens (tertiary/aromatic N) is 6. The van der Waals surface area contributed by atoms with Crippen LogP contribution in [-0.2, 0) is 6.61 Å². The summed E-state index contributed by atoms with van der Waals surface area (Å²) in [5.41, 5.74) is 0.994. The van der Waals surface area contributed by atoms with E-state index in [1.54, 1.807) is 35.4 Å². The number of piperidine rings is 1. The molecule has 4 rings (SSSR count). The molecule has 1 unspecified atom stereocenters. The fraction of sp³-hybridized carbons (Fsp3) is 0.409. The predicted molar refractivity (Wildman–Crippen MR) is 117 cm³/mol. The molecule has 0 bridgehead atoms.